The first-order valence-electron chi connectivity index (χ1n) is 10.9. The van der Waals surface area contributed by atoms with Crippen LogP contribution in [0.1, 0.15) is 42.4 Å². The number of carbonyl (C=O) groups excluding carboxylic acids is 1. The number of hydrogen-bond donors (Lipinski definition) is 3. The van der Waals surface area contributed by atoms with Crippen LogP contribution in [0.4, 0.5) is 5.69 Å². The van der Waals surface area contributed by atoms with Gasteiger partial charge in [0, 0.05) is 18.3 Å². The van der Waals surface area contributed by atoms with Gasteiger partial charge in [-0.3, -0.25) is 9.79 Å². The molecule has 1 amide bonds. The molecule has 31 heavy (non-hydrogen) atoms. The minimum absolute atomic E-state index is 0. The number of aliphatic imine (C=N–C) groups is 1. The minimum Gasteiger partial charge on any atom is -0.484 e. The van der Waals surface area contributed by atoms with Crippen LogP contribution in [-0.4, -0.2) is 31.1 Å². The molecule has 0 unspecified atom stereocenters. The van der Waals surface area contributed by atoms with Gasteiger partial charge >= 0.3 is 0 Å². The number of nitrogens with one attached hydrogen (secondary N) is 2. The van der Waals surface area contributed by atoms with Crippen LogP contribution in [0.5, 0.6) is 5.75 Å². The number of fused-ring (bicyclic) bond motifs is 1. The second-order valence-corrected chi connectivity index (χ2v) is 8.07. The molecule has 7 heteroatoms. The molecule has 4 N–H and O–H groups in total. The Morgan fingerprint density at radius 1 is 1.10 bits per heavy atom. The minimum atomic E-state index is -0.0569. The summed E-state index contributed by atoms with van der Waals surface area (Å²) in [6.07, 6.45) is 7.69. The lowest BCUT2D eigenvalue weighted by molar-refractivity contribution is -0.123. The molecule has 2 aromatic rings. The van der Waals surface area contributed by atoms with Crippen LogP contribution in [0.2, 0.25) is 0 Å². The molecule has 0 atom stereocenters. The molecule has 4 rings (SSSR count). The van der Waals surface area contributed by atoms with Crippen molar-refractivity contribution < 1.29 is 9.53 Å². The average molecular weight is 534 g/mol. The van der Waals surface area contributed by atoms with E-state index in [4.69, 9.17) is 10.5 Å². The highest BCUT2D eigenvalue weighted by Crippen LogP contribution is 2.27. The van der Waals surface area contributed by atoms with Crippen molar-refractivity contribution in [2.45, 2.75) is 51.0 Å². The van der Waals surface area contributed by atoms with Crippen LogP contribution in [0.25, 0.3) is 0 Å². The number of anilines is 1. The Morgan fingerprint density at radius 3 is 2.65 bits per heavy atom. The van der Waals surface area contributed by atoms with Crippen molar-refractivity contribution >= 4 is 41.5 Å². The van der Waals surface area contributed by atoms with Gasteiger partial charge in [-0.2, -0.15) is 0 Å². The zero-order chi connectivity index (χ0) is 20.8. The molecule has 0 aromatic heterocycles. The number of aryl methyl sites for hydroxylation is 1. The Kier molecular flexibility index (Phi) is 8.57. The number of guanidine groups is 1. The van der Waals surface area contributed by atoms with Crippen LogP contribution in [0, 0.1) is 0 Å². The number of amides is 1. The summed E-state index contributed by atoms with van der Waals surface area (Å²) in [5, 5.41) is 6.19. The molecule has 0 spiro atoms. The van der Waals surface area contributed by atoms with Crippen LogP contribution in [-0.2, 0) is 24.1 Å². The van der Waals surface area contributed by atoms with E-state index in [0.29, 0.717) is 24.3 Å². The van der Waals surface area contributed by atoms with Crippen LogP contribution < -0.4 is 21.1 Å². The van der Waals surface area contributed by atoms with E-state index in [2.05, 4.69) is 33.8 Å². The third kappa shape index (κ3) is 7.12. The van der Waals surface area contributed by atoms with E-state index in [1.807, 2.05) is 24.3 Å². The van der Waals surface area contributed by atoms with Gasteiger partial charge in [-0.05, 0) is 79.8 Å². The molecular weight excluding hydrogens is 503 g/mol. The Bertz CT molecular complexity index is 910. The molecule has 0 bridgehead atoms. The zero-order valence-electron chi connectivity index (χ0n) is 17.7. The van der Waals surface area contributed by atoms with Gasteiger partial charge in [0.05, 0.1) is 0 Å². The number of halogens is 1. The standard InChI is InChI=1S/C24H30N4O2.HI/c25-24(28-22-7-3-5-18-4-1-2-6-21(18)22)26-15-14-17-8-12-20(13-9-17)30-16-23(29)27-19-10-11-19;/h3,5,7-9,12-13,19H,1-2,4,6,10-11,14-16H2,(H,27,29)(H3,25,26,28);1H. The lowest BCUT2D eigenvalue weighted by Crippen LogP contribution is -2.30. The fourth-order valence-corrected chi connectivity index (χ4v) is 3.78. The van der Waals surface area contributed by atoms with E-state index in [0.717, 1.165) is 43.4 Å². The fourth-order valence-electron chi connectivity index (χ4n) is 3.78. The van der Waals surface area contributed by atoms with Crippen LogP contribution in [0.15, 0.2) is 47.5 Å². The molecule has 0 radical (unpaired) electrons. The maximum Gasteiger partial charge on any atom is 0.258 e. The number of nitrogens with zero attached hydrogens (tertiary/aromatic N) is 1. The molecule has 2 aromatic carbocycles. The van der Waals surface area contributed by atoms with Crippen molar-refractivity contribution in [2.75, 3.05) is 18.5 Å². The zero-order valence-corrected chi connectivity index (χ0v) is 20.1. The lowest BCUT2D eigenvalue weighted by atomic mass is 9.90. The van der Waals surface area contributed by atoms with Gasteiger partial charge in [0.25, 0.3) is 5.91 Å². The second-order valence-electron chi connectivity index (χ2n) is 8.07. The van der Waals surface area contributed by atoms with Crippen molar-refractivity contribution in [1.82, 2.24) is 5.32 Å². The summed E-state index contributed by atoms with van der Waals surface area (Å²) in [6.45, 7) is 0.670. The monoisotopic (exact) mass is 534 g/mol. The second kappa shape index (κ2) is 11.4. The Balaban J connectivity index is 0.00000272. The van der Waals surface area contributed by atoms with E-state index in [9.17, 15) is 4.79 Å². The van der Waals surface area contributed by atoms with Gasteiger partial charge in [0.1, 0.15) is 5.75 Å². The molecule has 2 aliphatic carbocycles. The molecule has 0 heterocycles. The number of hydrogen-bond acceptors (Lipinski definition) is 3. The lowest BCUT2D eigenvalue weighted by Gasteiger charge is -2.19. The number of rotatable bonds is 8. The first-order valence-corrected chi connectivity index (χ1v) is 10.9. The van der Waals surface area contributed by atoms with Crippen molar-refractivity contribution in [1.29, 1.82) is 0 Å². The number of benzene rings is 2. The van der Waals surface area contributed by atoms with Gasteiger partial charge < -0.3 is 21.1 Å². The predicted molar refractivity (Wildman–Crippen MR) is 135 cm³/mol. The normalized spacial score (nSPS) is 15.4. The molecule has 1 fully saturated rings. The number of nitrogens with two attached hydrogens (primary N) is 1. The molecule has 2 aliphatic rings. The molecule has 0 saturated heterocycles. The van der Waals surface area contributed by atoms with E-state index in [-0.39, 0.29) is 36.5 Å². The smallest absolute Gasteiger partial charge is 0.258 e. The third-order valence-electron chi connectivity index (χ3n) is 5.58. The summed E-state index contributed by atoms with van der Waals surface area (Å²) in [6, 6.07) is 14.5. The summed E-state index contributed by atoms with van der Waals surface area (Å²) < 4.78 is 5.54. The van der Waals surface area contributed by atoms with E-state index >= 15 is 0 Å². The Morgan fingerprint density at radius 2 is 1.87 bits per heavy atom. The third-order valence-corrected chi connectivity index (χ3v) is 5.58. The first kappa shape index (κ1) is 23.4. The average Bonchev–Trinajstić information content (AvgIpc) is 3.57. The largest absolute Gasteiger partial charge is 0.484 e. The van der Waals surface area contributed by atoms with Gasteiger partial charge in [0.2, 0.25) is 0 Å². The maximum atomic E-state index is 11.7. The number of ether oxygens (including phenoxy) is 1. The molecule has 166 valence electrons. The van der Waals surface area contributed by atoms with Crippen molar-refractivity contribution in [3.63, 3.8) is 0 Å². The summed E-state index contributed by atoms with van der Waals surface area (Å²) in [7, 11) is 0. The topological polar surface area (TPSA) is 88.7 Å². The molecular formula is C24H31IN4O2. The fraction of sp³-hybridized carbons (Fsp3) is 0.417. The SMILES string of the molecule is I.NC(=NCCc1ccc(OCC(=O)NC2CC2)cc1)Nc1cccc2c1CCCC2. The summed E-state index contributed by atoms with van der Waals surface area (Å²) in [5.74, 6) is 1.09. The van der Waals surface area contributed by atoms with Gasteiger partial charge in [-0.25, -0.2) is 0 Å². The van der Waals surface area contributed by atoms with Gasteiger partial charge in [-0.15, -0.1) is 24.0 Å². The summed E-state index contributed by atoms with van der Waals surface area (Å²) in [4.78, 5) is 16.2. The number of carbonyl (C=O) groups is 1. The van der Waals surface area contributed by atoms with E-state index in [1.165, 1.54) is 24.0 Å². The molecule has 0 aliphatic heterocycles. The molecule has 1 saturated carbocycles. The van der Waals surface area contributed by atoms with Crippen molar-refractivity contribution in [3.8, 4) is 5.75 Å². The summed E-state index contributed by atoms with van der Waals surface area (Å²) >= 11 is 0. The Hall–Kier alpha value is -2.29. The Labute approximate surface area is 201 Å². The van der Waals surface area contributed by atoms with Gasteiger partial charge in [-0.1, -0.05) is 24.3 Å². The maximum absolute atomic E-state index is 11.7. The van der Waals surface area contributed by atoms with E-state index in [1.54, 1.807) is 0 Å². The first-order chi connectivity index (χ1) is 14.7. The van der Waals surface area contributed by atoms with Crippen LogP contribution in [0.3, 0.4) is 0 Å². The van der Waals surface area contributed by atoms with Gasteiger partial charge in [0.15, 0.2) is 12.6 Å². The van der Waals surface area contributed by atoms with Crippen LogP contribution >= 0.6 is 24.0 Å². The quantitative estimate of drug-likeness (QED) is 0.273. The highest BCUT2D eigenvalue weighted by atomic mass is 127. The van der Waals surface area contributed by atoms with E-state index < -0.39 is 0 Å². The van der Waals surface area contributed by atoms with Crippen molar-refractivity contribution in [3.05, 3.63) is 59.2 Å². The van der Waals surface area contributed by atoms with Crippen molar-refractivity contribution in [2.24, 2.45) is 10.7 Å². The highest BCUT2D eigenvalue weighted by Gasteiger charge is 2.23. The molecule has 6 nitrogen and oxygen atoms in total. The summed E-state index contributed by atoms with van der Waals surface area (Å²) in [5.41, 5.74) is 11.2. The highest BCUT2D eigenvalue weighted by molar-refractivity contribution is 14.0. The predicted octanol–water partition coefficient (Wildman–Crippen LogP) is 3.81.